The number of fused-ring (bicyclic) bond motifs is 1. The van der Waals surface area contributed by atoms with Crippen LogP contribution in [0.25, 0.3) is 0 Å². The number of nitrogens with zero attached hydrogens (tertiary/aromatic N) is 2. The Kier molecular flexibility index (Phi) is 7.59. The van der Waals surface area contributed by atoms with Crippen LogP contribution in [0.1, 0.15) is 25.3 Å². The second kappa shape index (κ2) is 10.6. The molecule has 0 saturated heterocycles. The predicted octanol–water partition coefficient (Wildman–Crippen LogP) is 2.50. The van der Waals surface area contributed by atoms with Crippen molar-refractivity contribution < 1.29 is 23.5 Å². The molecule has 164 valence electrons. The van der Waals surface area contributed by atoms with E-state index in [0.29, 0.717) is 31.1 Å². The Bertz CT molecular complexity index is 933. The van der Waals surface area contributed by atoms with Crippen LogP contribution in [0.3, 0.4) is 0 Å². The summed E-state index contributed by atoms with van der Waals surface area (Å²) in [5.74, 6) is -0.405. The number of halogens is 1. The highest BCUT2D eigenvalue weighted by Gasteiger charge is 2.24. The standard InChI is InChI=1S/C23H26FN3O4/c1-2-26(16-21(28)25-15-17-7-9-18(24)10-8-17)22(29)11-12-23(30)27-13-14-31-20-6-4-3-5-19(20)27/h3-10H,2,11-16H2,1H3,(H,25,28). The number of anilines is 1. The first-order valence-corrected chi connectivity index (χ1v) is 10.3. The van der Waals surface area contributed by atoms with Gasteiger partial charge in [-0.1, -0.05) is 24.3 Å². The Hall–Kier alpha value is -3.42. The Morgan fingerprint density at radius 3 is 2.58 bits per heavy atom. The van der Waals surface area contributed by atoms with Gasteiger partial charge in [0.1, 0.15) is 18.2 Å². The first-order valence-electron chi connectivity index (χ1n) is 10.3. The molecule has 0 radical (unpaired) electrons. The van der Waals surface area contributed by atoms with Gasteiger partial charge in [0.05, 0.1) is 18.8 Å². The van der Waals surface area contributed by atoms with Crippen molar-refractivity contribution in [3.05, 3.63) is 59.9 Å². The van der Waals surface area contributed by atoms with Crippen molar-refractivity contribution in [1.82, 2.24) is 10.2 Å². The van der Waals surface area contributed by atoms with Gasteiger partial charge in [0.25, 0.3) is 0 Å². The number of nitrogens with one attached hydrogen (secondary N) is 1. The van der Waals surface area contributed by atoms with E-state index in [0.717, 1.165) is 5.56 Å². The molecule has 0 fully saturated rings. The summed E-state index contributed by atoms with van der Waals surface area (Å²) in [6.45, 7) is 3.15. The van der Waals surface area contributed by atoms with Gasteiger partial charge < -0.3 is 19.9 Å². The summed E-state index contributed by atoms with van der Waals surface area (Å²) in [6.07, 6.45) is 0.0817. The lowest BCUT2D eigenvalue weighted by molar-refractivity contribution is -0.136. The van der Waals surface area contributed by atoms with Crippen molar-refractivity contribution in [2.45, 2.75) is 26.3 Å². The molecule has 2 aromatic carbocycles. The average Bonchev–Trinajstić information content (AvgIpc) is 2.80. The van der Waals surface area contributed by atoms with Crippen LogP contribution < -0.4 is 15.0 Å². The molecule has 8 heteroatoms. The number of hydrogen-bond donors (Lipinski definition) is 1. The van der Waals surface area contributed by atoms with Crippen molar-refractivity contribution in [3.63, 3.8) is 0 Å². The summed E-state index contributed by atoms with van der Waals surface area (Å²) in [6, 6.07) is 13.1. The van der Waals surface area contributed by atoms with E-state index < -0.39 is 0 Å². The third-order valence-corrected chi connectivity index (χ3v) is 5.05. The monoisotopic (exact) mass is 427 g/mol. The normalized spacial score (nSPS) is 12.5. The van der Waals surface area contributed by atoms with E-state index in [1.165, 1.54) is 17.0 Å². The first-order chi connectivity index (χ1) is 15.0. The summed E-state index contributed by atoms with van der Waals surface area (Å²) in [5.41, 5.74) is 1.47. The molecule has 0 unspecified atom stereocenters. The Morgan fingerprint density at radius 1 is 1.10 bits per heavy atom. The number of benzene rings is 2. The minimum absolute atomic E-state index is 0.0252. The number of ether oxygens (including phenoxy) is 1. The Morgan fingerprint density at radius 2 is 1.84 bits per heavy atom. The van der Waals surface area contributed by atoms with Crippen molar-refractivity contribution in [2.24, 2.45) is 0 Å². The fourth-order valence-corrected chi connectivity index (χ4v) is 3.34. The SMILES string of the molecule is CCN(CC(=O)NCc1ccc(F)cc1)C(=O)CCC(=O)N1CCOc2ccccc21. The van der Waals surface area contributed by atoms with Gasteiger partial charge in [-0.05, 0) is 36.8 Å². The second-order valence-corrected chi connectivity index (χ2v) is 7.17. The molecule has 7 nitrogen and oxygen atoms in total. The first kappa shape index (κ1) is 22.3. The van der Waals surface area contributed by atoms with E-state index in [1.807, 2.05) is 24.3 Å². The van der Waals surface area contributed by atoms with Crippen LogP contribution in [0.2, 0.25) is 0 Å². The van der Waals surface area contributed by atoms with Gasteiger partial charge in [-0.3, -0.25) is 14.4 Å². The van der Waals surface area contributed by atoms with Crippen LogP contribution in [0.4, 0.5) is 10.1 Å². The molecule has 3 amide bonds. The van der Waals surface area contributed by atoms with Gasteiger partial charge in [0.2, 0.25) is 17.7 Å². The molecule has 3 rings (SSSR count). The van der Waals surface area contributed by atoms with E-state index in [4.69, 9.17) is 4.74 Å². The number of para-hydroxylation sites is 2. The van der Waals surface area contributed by atoms with Crippen molar-refractivity contribution >= 4 is 23.4 Å². The van der Waals surface area contributed by atoms with Gasteiger partial charge in [-0.25, -0.2) is 4.39 Å². The van der Waals surface area contributed by atoms with Crippen molar-refractivity contribution in [2.75, 3.05) is 31.1 Å². The zero-order valence-electron chi connectivity index (χ0n) is 17.5. The lowest BCUT2D eigenvalue weighted by Crippen LogP contribution is -2.41. The summed E-state index contributed by atoms with van der Waals surface area (Å²) < 4.78 is 18.5. The maximum absolute atomic E-state index is 12.9. The van der Waals surface area contributed by atoms with Gasteiger partial charge >= 0.3 is 0 Å². The molecule has 0 aliphatic carbocycles. The fraction of sp³-hybridized carbons (Fsp3) is 0.348. The van der Waals surface area contributed by atoms with Gasteiger partial charge in [0.15, 0.2) is 0 Å². The molecule has 1 N–H and O–H groups in total. The molecular weight excluding hydrogens is 401 g/mol. The topological polar surface area (TPSA) is 79.0 Å². The molecule has 1 aliphatic rings. The quantitative estimate of drug-likeness (QED) is 0.702. The largest absolute Gasteiger partial charge is 0.490 e. The highest BCUT2D eigenvalue weighted by Crippen LogP contribution is 2.31. The molecule has 0 aromatic heterocycles. The third-order valence-electron chi connectivity index (χ3n) is 5.05. The number of hydrogen-bond acceptors (Lipinski definition) is 4. The fourth-order valence-electron chi connectivity index (χ4n) is 3.34. The van der Waals surface area contributed by atoms with Crippen LogP contribution in [-0.4, -0.2) is 48.9 Å². The maximum Gasteiger partial charge on any atom is 0.239 e. The predicted molar refractivity (Wildman–Crippen MR) is 114 cm³/mol. The number of carbonyl (C=O) groups excluding carboxylic acids is 3. The summed E-state index contributed by atoms with van der Waals surface area (Å²) in [4.78, 5) is 40.5. The van der Waals surface area contributed by atoms with Gasteiger partial charge in [0, 0.05) is 25.9 Å². The van der Waals surface area contributed by atoms with Crippen LogP contribution in [0.5, 0.6) is 5.75 Å². The minimum Gasteiger partial charge on any atom is -0.490 e. The Balaban J connectivity index is 1.47. The molecule has 1 aliphatic heterocycles. The summed E-state index contributed by atoms with van der Waals surface area (Å²) >= 11 is 0. The van der Waals surface area contributed by atoms with Gasteiger partial charge in [-0.15, -0.1) is 0 Å². The van der Waals surface area contributed by atoms with E-state index in [1.54, 1.807) is 24.0 Å². The third kappa shape index (κ3) is 6.04. The highest BCUT2D eigenvalue weighted by molar-refractivity contribution is 5.97. The molecule has 0 bridgehead atoms. The molecule has 0 spiro atoms. The molecule has 31 heavy (non-hydrogen) atoms. The van der Waals surface area contributed by atoms with Crippen LogP contribution in [0, 0.1) is 5.82 Å². The average molecular weight is 427 g/mol. The van der Waals surface area contributed by atoms with Crippen LogP contribution >= 0.6 is 0 Å². The lowest BCUT2D eigenvalue weighted by atomic mass is 10.2. The van der Waals surface area contributed by atoms with Crippen LogP contribution in [0.15, 0.2) is 48.5 Å². The summed E-state index contributed by atoms with van der Waals surface area (Å²) in [7, 11) is 0. The zero-order chi connectivity index (χ0) is 22.2. The summed E-state index contributed by atoms with van der Waals surface area (Å²) in [5, 5.41) is 2.72. The van der Waals surface area contributed by atoms with E-state index in [2.05, 4.69) is 5.32 Å². The zero-order valence-corrected chi connectivity index (χ0v) is 17.5. The van der Waals surface area contributed by atoms with Crippen LogP contribution in [-0.2, 0) is 20.9 Å². The molecule has 0 atom stereocenters. The molecule has 0 saturated carbocycles. The maximum atomic E-state index is 12.9. The second-order valence-electron chi connectivity index (χ2n) is 7.17. The molecular formula is C23H26FN3O4. The highest BCUT2D eigenvalue weighted by atomic mass is 19.1. The number of carbonyl (C=O) groups is 3. The van der Waals surface area contributed by atoms with E-state index in [-0.39, 0.29) is 49.5 Å². The van der Waals surface area contributed by atoms with Crippen molar-refractivity contribution in [3.8, 4) is 5.75 Å². The number of amides is 3. The van der Waals surface area contributed by atoms with E-state index in [9.17, 15) is 18.8 Å². The number of rotatable bonds is 8. The van der Waals surface area contributed by atoms with E-state index >= 15 is 0 Å². The smallest absolute Gasteiger partial charge is 0.239 e. The molecule has 2 aromatic rings. The van der Waals surface area contributed by atoms with Gasteiger partial charge in [-0.2, -0.15) is 0 Å². The Labute approximate surface area is 180 Å². The number of likely N-dealkylation sites (N-methyl/N-ethyl adjacent to an activating group) is 1. The van der Waals surface area contributed by atoms with Crippen molar-refractivity contribution in [1.29, 1.82) is 0 Å². The minimum atomic E-state index is -0.340. The molecule has 1 heterocycles. The lowest BCUT2D eigenvalue weighted by Gasteiger charge is -2.29.